The molecule has 1 heterocycles. The van der Waals surface area contributed by atoms with Gasteiger partial charge in [0.2, 0.25) is 0 Å². The van der Waals surface area contributed by atoms with Crippen molar-refractivity contribution in [2.24, 2.45) is 0 Å². The second-order valence-electron chi connectivity index (χ2n) is 4.67. The van der Waals surface area contributed by atoms with E-state index in [1.807, 2.05) is 0 Å². The van der Waals surface area contributed by atoms with Crippen LogP contribution in [-0.4, -0.2) is 17.2 Å². The number of rotatable bonds is 5. The Morgan fingerprint density at radius 3 is 2.88 bits per heavy atom. The molecule has 0 unspecified atom stereocenters. The third-order valence-electron chi connectivity index (χ3n) is 2.86. The zero-order valence-electron chi connectivity index (χ0n) is 10.4. The summed E-state index contributed by atoms with van der Waals surface area (Å²) < 4.78 is 3.47. The van der Waals surface area contributed by atoms with Crippen LogP contribution in [0.5, 0.6) is 0 Å². The summed E-state index contributed by atoms with van der Waals surface area (Å²) >= 11 is 3.50. The van der Waals surface area contributed by atoms with Crippen molar-refractivity contribution in [1.29, 1.82) is 0 Å². The van der Waals surface area contributed by atoms with Crippen molar-refractivity contribution in [1.82, 2.24) is 9.88 Å². The van der Waals surface area contributed by atoms with Crippen LogP contribution < -0.4 is 5.32 Å². The molecule has 0 atom stereocenters. The van der Waals surface area contributed by atoms with Gasteiger partial charge in [-0.25, -0.2) is 0 Å². The fourth-order valence-electron chi connectivity index (χ4n) is 2.01. The number of hydrogen-bond acceptors (Lipinski definition) is 1. The molecule has 17 heavy (non-hydrogen) atoms. The Bertz CT molecular complexity index is 488. The molecule has 0 saturated heterocycles. The Hall–Kier alpha value is -0.800. The van der Waals surface area contributed by atoms with Crippen LogP contribution in [0.4, 0.5) is 0 Å². The molecule has 1 aromatic heterocycles. The summed E-state index contributed by atoms with van der Waals surface area (Å²) in [6.07, 6.45) is 3.34. The Balaban J connectivity index is 1.99. The van der Waals surface area contributed by atoms with Gasteiger partial charge in [-0.05, 0) is 37.2 Å². The van der Waals surface area contributed by atoms with Gasteiger partial charge in [-0.2, -0.15) is 0 Å². The van der Waals surface area contributed by atoms with Gasteiger partial charge in [0, 0.05) is 34.2 Å². The summed E-state index contributed by atoms with van der Waals surface area (Å²) in [6.45, 7) is 6.52. The van der Waals surface area contributed by atoms with Crippen LogP contribution in [0.2, 0.25) is 0 Å². The van der Waals surface area contributed by atoms with E-state index in [4.69, 9.17) is 0 Å². The van der Waals surface area contributed by atoms with Crippen molar-refractivity contribution in [3.8, 4) is 0 Å². The van der Waals surface area contributed by atoms with Gasteiger partial charge in [0.1, 0.15) is 0 Å². The van der Waals surface area contributed by atoms with E-state index in [-0.39, 0.29) is 0 Å². The third kappa shape index (κ3) is 3.33. The van der Waals surface area contributed by atoms with E-state index in [9.17, 15) is 0 Å². The molecule has 1 aromatic carbocycles. The number of halogens is 1. The first-order valence-electron chi connectivity index (χ1n) is 6.14. The first-order chi connectivity index (χ1) is 8.16. The van der Waals surface area contributed by atoms with Gasteiger partial charge in [0.05, 0.1) is 0 Å². The van der Waals surface area contributed by atoms with E-state index in [0.717, 1.165) is 24.0 Å². The average Bonchev–Trinajstić information content (AvgIpc) is 2.66. The summed E-state index contributed by atoms with van der Waals surface area (Å²) in [4.78, 5) is 0. The lowest BCUT2D eigenvalue weighted by molar-refractivity contribution is 0.541. The Labute approximate surface area is 111 Å². The molecular formula is C14H19BrN2. The van der Waals surface area contributed by atoms with E-state index in [0.29, 0.717) is 6.04 Å². The lowest BCUT2D eigenvalue weighted by Crippen LogP contribution is -2.24. The number of aromatic nitrogens is 1. The smallest absolute Gasteiger partial charge is 0.0481 e. The molecular weight excluding hydrogens is 276 g/mol. The molecule has 0 aliphatic rings. The quantitative estimate of drug-likeness (QED) is 0.830. The summed E-state index contributed by atoms with van der Waals surface area (Å²) in [5.41, 5.74) is 1.32. The first-order valence-corrected chi connectivity index (χ1v) is 6.94. The highest BCUT2D eigenvalue weighted by molar-refractivity contribution is 9.10. The highest BCUT2D eigenvalue weighted by Gasteiger charge is 2.01. The zero-order valence-corrected chi connectivity index (χ0v) is 12.0. The minimum atomic E-state index is 0.576. The lowest BCUT2D eigenvalue weighted by Gasteiger charge is -2.09. The van der Waals surface area contributed by atoms with Crippen molar-refractivity contribution in [3.63, 3.8) is 0 Å². The minimum absolute atomic E-state index is 0.576. The predicted octanol–water partition coefficient (Wildman–Crippen LogP) is 3.79. The molecule has 0 aliphatic carbocycles. The first kappa shape index (κ1) is 12.7. The van der Waals surface area contributed by atoms with Crippen molar-refractivity contribution < 1.29 is 0 Å². The lowest BCUT2D eigenvalue weighted by atomic mass is 10.2. The van der Waals surface area contributed by atoms with Crippen molar-refractivity contribution in [2.75, 3.05) is 6.54 Å². The van der Waals surface area contributed by atoms with Crippen LogP contribution in [0.1, 0.15) is 20.3 Å². The molecule has 2 nitrogen and oxygen atoms in total. The van der Waals surface area contributed by atoms with Crippen LogP contribution in [0.15, 0.2) is 34.9 Å². The monoisotopic (exact) mass is 294 g/mol. The maximum atomic E-state index is 3.50. The van der Waals surface area contributed by atoms with E-state index >= 15 is 0 Å². The Kier molecular flexibility index (Phi) is 4.24. The highest BCUT2D eigenvalue weighted by atomic mass is 79.9. The number of aryl methyl sites for hydroxylation is 1. The second kappa shape index (κ2) is 5.69. The molecule has 92 valence electrons. The molecule has 0 amide bonds. The fraction of sp³-hybridized carbons (Fsp3) is 0.429. The summed E-state index contributed by atoms with van der Waals surface area (Å²) in [6, 6.07) is 9.20. The SMILES string of the molecule is CC(C)NCCCn1ccc2cc(Br)ccc21. The van der Waals surface area contributed by atoms with Crippen LogP contribution in [0.25, 0.3) is 10.9 Å². The van der Waals surface area contributed by atoms with Gasteiger partial charge < -0.3 is 9.88 Å². The fourth-order valence-corrected chi connectivity index (χ4v) is 2.38. The minimum Gasteiger partial charge on any atom is -0.347 e. The van der Waals surface area contributed by atoms with Crippen molar-refractivity contribution >= 4 is 26.8 Å². The normalized spacial score (nSPS) is 11.5. The summed E-state index contributed by atoms with van der Waals surface area (Å²) in [5.74, 6) is 0. The zero-order chi connectivity index (χ0) is 12.3. The second-order valence-corrected chi connectivity index (χ2v) is 5.59. The highest BCUT2D eigenvalue weighted by Crippen LogP contribution is 2.20. The Morgan fingerprint density at radius 1 is 1.29 bits per heavy atom. The predicted molar refractivity (Wildman–Crippen MR) is 77.4 cm³/mol. The molecule has 2 rings (SSSR count). The number of nitrogens with zero attached hydrogens (tertiary/aromatic N) is 1. The molecule has 0 saturated carbocycles. The molecule has 0 bridgehead atoms. The largest absolute Gasteiger partial charge is 0.347 e. The van der Waals surface area contributed by atoms with Crippen LogP contribution >= 0.6 is 15.9 Å². The van der Waals surface area contributed by atoms with E-state index in [1.54, 1.807) is 0 Å². The molecule has 0 fully saturated rings. The third-order valence-corrected chi connectivity index (χ3v) is 3.35. The standard InChI is InChI=1S/C14H19BrN2/c1-11(2)16-7-3-8-17-9-6-12-10-13(15)4-5-14(12)17/h4-6,9-11,16H,3,7-8H2,1-2H3. The molecule has 0 radical (unpaired) electrons. The summed E-state index contributed by atoms with van der Waals surface area (Å²) in [7, 11) is 0. The van der Waals surface area contributed by atoms with Gasteiger partial charge in [-0.1, -0.05) is 29.8 Å². The molecule has 3 heteroatoms. The molecule has 1 N–H and O–H groups in total. The maximum Gasteiger partial charge on any atom is 0.0481 e. The van der Waals surface area contributed by atoms with Gasteiger partial charge >= 0.3 is 0 Å². The van der Waals surface area contributed by atoms with E-state index in [2.05, 4.69) is 70.1 Å². The topological polar surface area (TPSA) is 17.0 Å². The van der Waals surface area contributed by atoms with Gasteiger partial charge in [-0.3, -0.25) is 0 Å². The van der Waals surface area contributed by atoms with Gasteiger partial charge in [-0.15, -0.1) is 0 Å². The van der Waals surface area contributed by atoms with Gasteiger partial charge in [0.25, 0.3) is 0 Å². The van der Waals surface area contributed by atoms with Crippen LogP contribution in [0, 0.1) is 0 Å². The van der Waals surface area contributed by atoms with Gasteiger partial charge in [0.15, 0.2) is 0 Å². The molecule has 2 aromatic rings. The number of hydrogen-bond donors (Lipinski definition) is 1. The molecule has 0 aliphatic heterocycles. The van der Waals surface area contributed by atoms with Crippen LogP contribution in [0.3, 0.4) is 0 Å². The number of nitrogens with one attached hydrogen (secondary N) is 1. The molecule has 0 spiro atoms. The average molecular weight is 295 g/mol. The van der Waals surface area contributed by atoms with Crippen LogP contribution in [-0.2, 0) is 6.54 Å². The van der Waals surface area contributed by atoms with E-state index in [1.165, 1.54) is 10.9 Å². The number of benzene rings is 1. The van der Waals surface area contributed by atoms with Crippen molar-refractivity contribution in [2.45, 2.75) is 32.9 Å². The van der Waals surface area contributed by atoms with E-state index < -0.39 is 0 Å². The Morgan fingerprint density at radius 2 is 2.12 bits per heavy atom. The maximum absolute atomic E-state index is 3.50. The van der Waals surface area contributed by atoms with Crippen molar-refractivity contribution in [3.05, 3.63) is 34.9 Å². The summed E-state index contributed by atoms with van der Waals surface area (Å²) in [5, 5.41) is 4.75. The number of fused-ring (bicyclic) bond motifs is 1.